The average Bonchev–Trinajstić information content (AvgIpc) is 2.56. The fraction of sp³-hybridized carbons (Fsp3) is 1.00. The van der Waals surface area contributed by atoms with E-state index in [-0.39, 0.29) is 34.0 Å². The fourth-order valence-electron chi connectivity index (χ4n) is 4.16. The van der Waals surface area contributed by atoms with Crippen molar-refractivity contribution in [3.05, 3.63) is 0 Å². The molecule has 1 fully saturated rings. The smallest absolute Gasteiger partial charge is 0.129 e. The maximum Gasteiger partial charge on any atom is 0.129 e. The predicted molar refractivity (Wildman–Crippen MR) is 99.1 cm³/mol. The SMILES string of the molecule is CCCC[N+]1(CCCC)CC[N+](CCCC)(CCCC)CC1.[Br-].[Br-]. The van der Waals surface area contributed by atoms with Crippen LogP contribution >= 0.6 is 0 Å². The summed E-state index contributed by atoms with van der Waals surface area (Å²) in [5, 5.41) is 0. The molecule has 4 heteroatoms. The van der Waals surface area contributed by atoms with Crippen molar-refractivity contribution in [1.29, 1.82) is 0 Å². The van der Waals surface area contributed by atoms with E-state index in [0.717, 1.165) is 0 Å². The first-order valence-electron chi connectivity index (χ1n) is 10.4. The second-order valence-electron chi connectivity index (χ2n) is 7.89. The molecule has 0 unspecified atom stereocenters. The molecule has 0 radical (unpaired) electrons. The molecule has 0 atom stereocenters. The number of hydrogen-bond acceptors (Lipinski definition) is 0. The van der Waals surface area contributed by atoms with Crippen molar-refractivity contribution in [2.75, 3.05) is 52.4 Å². The first kappa shape index (κ1) is 27.1. The lowest BCUT2D eigenvalue weighted by Gasteiger charge is -2.50. The highest BCUT2D eigenvalue weighted by Gasteiger charge is 2.40. The molecule has 0 spiro atoms. The first-order chi connectivity index (χ1) is 10.7. The van der Waals surface area contributed by atoms with Crippen LogP contribution in [0.5, 0.6) is 0 Å². The second-order valence-corrected chi connectivity index (χ2v) is 7.89. The Morgan fingerprint density at radius 3 is 0.833 bits per heavy atom. The molecular weight excluding hydrogens is 428 g/mol. The Balaban J connectivity index is 0. The molecular formula is C20H44Br2N2. The van der Waals surface area contributed by atoms with Gasteiger partial charge in [-0.15, -0.1) is 0 Å². The minimum atomic E-state index is 0. The number of nitrogens with zero attached hydrogens (tertiary/aromatic N) is 2. The van der Waals surface area contributed by atoms with E-state index in [1.807, 2.05) is 0 Å². The van der Waals surface area contributed by atoms with Crippen LogP contribution in [0.3, 0.4) is 0 Å². The van der Waals surface area contributed by atoms with Gasteiger partial charge in [-0.2, -0.15) is 0 Å². The fourth-order valence-corrected chi connectivity index (χ4v) is 4.16. The Morgan fingerprint density at radius 2 is 0.667 bits per heavy atom. The maximum atomic E-state index is 2.35. The van der Waals surface area contributed by atoms with Crippen LogP contribution in [0.25, 0.3) is 0 Å². The summed E-state index contributed by atoms with van der Waals surface area (Å²) in [6, 6.07) is 0. The van der Waals surface area contributed by atoms with Crippen LogP contribution in [0, 0.1) is 0 Å². The quantitative estimate of drug-likeness (QED) is 0.315. The van der Waals surface area contributed by atoms with Gasteiger partial charge in [-0.05, 0) is 25.7 Å². The second kappa shape index (κ2) is 15.0. The van der Waals surface area contributed by atoms with Crippen LogP contribution in [-0.4, -0.2) is 61.3 Å². The molecule has 0 aliphatic carbocycles. The molecule has 2 nitrogen and oxygen atoms in total. The van der Waals surface area contributed by atoms with Crippen LogP contribution in [0.1, 0.15) is 79.1 Å². The molecule has 0 amide bonds. The summed E-state index contributed by atoms with van der Waals surface area (Å²) in [7, 11) is 0. The topological polar surface area (TPSA) is 0 Å². The van der Waals surface area contributed by atoms with Gasteiger partial charge in [0.05, 0.1) is 26.2 Å². The molecule has 0 bridgehead atoms. The van der Waals surface area contributed by atoms with Crippen LogP contribution < -0.4 is 34.0 Å². The highest BCUT2D eigenvalue weighted by atomic mass is 79.9. The van der Waals surface area contributed by atoms with E-state index in [1.54, 1.807) is 0 Å². The van der Waals surface area contributed by atoms with E-state index in [1.165, 1.54) is 113 Å². The molecule has 1 heterocycles. The molecule has 1 aliphatic rings. The zero-order valence-corrected chi connectivity index (χ0v) is 20.1. The number of hydrogen-bond donors (Lipinski definition) is 0. The van der Waals surface area contributed by atoms with Gasteiger partial charge in [-0.25, -0.2) is 0 Å². The van der Waals surface area contributed by atoms with Crippen molar-refractivity contribution in [2.24, 2.45) is 0 Å². The molecule has 0 aromatic rings. The van der Waals surface area contributed by atoms with E-state index >= 15 is 0 Å². The monoisotopic (exact) mass is 470 g/mol. The number of piperazine rings is 1. The lowest BCUT2D eigenvalue weighted by Crippen LogP contribution is -3.00. The van der Waals surface area contributed by atoms with Gasteiger partial charge in [0.2, 0.25) is 0 Å². The van der Waals surface area contributed by atoms with Crippen molar-refractivity contribution in [1.82, 2.24) is 0 Å². The van der Waals surface area contributed by atoms with Crippen molar-refractivity contribution in [2.45, 2.75) is 79.1 Å². The van der Waals surface area contributed by atoms with E-state index < -0.39 is 0 Å². The van der Waals surface area contributed by atoms with E-state index in [0.29, 0.717) is 0 Å². The minimum Gasteiger partial charge on any atom is -1.00 e. The highest BCUT2D eigenvalue weighted by molar-refractivity contribution is 4.57. The Morgan fingerprint density at radius 1 is 0.458 bits per heavy atom. The summed E-state index contributed by atoms with van der Waals surface area (Å²) in [6.07, 6.45) is 11.1. The summed E-state index contributed by atoms with van der Waals surface area (Å²) in [6.45, 7) is 21.0. The predicted octanol–water partition coefficient (Wildman–Crippen LogP) is -1.16. The number of unbranched alkanes of at least 4 members (excludes halogenated alkanes) is 4. The standard InChI is InChI=1S/C20H44N2.2BrH/c1-5-9-13-21(14-10-6-2)17-19-22(20-18-21,15-11-7-3)16-12-8-4;;/h5-20H2,1-4H3;2*1H/q+2;;/p-2. The largest absolute Gasteiger partial charge is 1.00 e. The summed E-state index contributed by atoms with van der Waals surface area (Å²) < 4.78 is 2.89. The normalized spacial score (nSPS) is 18.5. The van der Waals surface area contributed by atoms with Crippen molar-refractivity contribution in [3.8, 4) is 0 Å². The molecule has 0 aromatic carbocycles. The summed E-state index contributed by atoms with van der Waals surface area (Å²) in [5.41, 5.74) is 0. The molecule has 1 rings (SSSR count). The summed E-state index contributed by atoms with van der Waals surface area (Å²) in [4.78, 5) is 0. The summed E-state index contributed by atoms with van der Waals surface area (Å²) >= 11 is 0. The Labute approximate surface area is 174 Å². The number of quaternary nitrogens is 2. The average molecular weight is 472 g/mol. The third-order valence-electron chi connectivity index (χ3n) is 6.04. The van der Waals surface area contributed by atoms with Crippen LogP contribution in [0.15, 0.2) is 0 Å². The van der Waals surface area contributed by atoms with Crippen molar-refractivity contribution < 1.29 is 42.9 Å². The molecule has 0 aromatic heterocycles. The highest BCUT2D eigenvalue weighted by Crippen LogP contribution is 2.23. The molecule has 148 valence electrons. The van der Waals surface area contributed by atoms with Crippen molar-refractivity contribution in [3.63, 3.8) is 0 Å². The van der Waals surface area contributed by atoms with E-state index in [9.17, 15) is 0 Å². The Bertz CT molecular complexity index is 229. The lowest BCUT2D eigenvalue weighted by molar-refractivity contribution is -1.03. The van der Waals surface area contributed by atoms with Gasteiger partial charge in [0, 0.05) is 0 Å². The maximum absolute atomic E-state index is 2.35. The van der Waals surface area contributed by atoms with Gasteiger partial charge < -0.3 is 42.9 Å². The van der Waals surface area contributed by atoms with Crippen molar-refractivity contribution >= 4 is 0 Å². The zero-order chi connectivity index (χ0) is 16.3. The molecule has 0 N–H and O–H groups in total. The Kier molecular flexibility index (Phi) is 16.9. The van der Waals surface area contributed by atoms with Crippen LogP contribution in [0.4, 0.5) is 0 Å². The molecule has 0 saturated carbocycles. The first-order valence-corrected chi connectivity index (χ1v) is 10.4. The molecule has 1 aliphatic heterocycles. The third-order valence-corrected chi connectivity index (χ3v) is 6.04. The van der Waals surface area contributed by atoms with Gasteiger partial charge in [-0.3, -0.25) is 0 Å². The van der Waals surface area contributed by atoms with Crippen LogP contribution in [-0.2, 0) is 0 Å². The van der Waals surface area contributed by atoms with Gasteiger partial charge in [0.1, 0.15) is 26.2 Å². The van der Waals surface area contributed by atoms with Crippen LogP contribution in [0.2, 0.25) is 0 Å². The molecule has 1 saturated heterocycles. The minimum absolute atomic E-state index is 0. The zero-order valence-electron chi connectivity index (χ0n) is 17.0. The van der Waals surface area contributed by atoms with Gasteiger partial charge in [0.15, 0.2) is 0 Å². The van der Waals surface area contributed by atoms with Gasteiger partial charge >= 0.3 is 0 Å². The lowest BCUT2D eigenvalue weighted by atomic mass is 10.1. The van der Waals surface area contributed by atoms with Gasteiger partial charge in [0.25, 0.3) is 0 Å². The summed E-state index contributed by atoms with van der Waals surface area (Å²) in [5.74, 6) is 0. The number of halogens is 2. The third kappa shape index (κ3) is 9.00. The molecule has 24 heavy (non-hydrogen) atoms. The Hall–Kier alpha value is 0.880. The van der Waals surface area contributed by atoms with Gasteiger partial charge in [-0.1, -0.05) is 53.4 Å². The van der Waals surface area contributed by atoms with E-state index in [2.05, 4.69) is 27.7 Å². The van der Waals surface area contributed by atoms with E-state index in [4.69, 9.17) is 0 Å². The number of rotatable bonds is 12.